The smallest absolute Gasteiger partial charge is 0.253 e. The third kappa shape index (κ3) is 4.20. The molecule has 8 heteroatoms. The number of hydrogen-bond donors (Lipinski definition) is 1. The Kier molecular flexibility index (Phi) is 5.34. The van der Waals surface area contributed by atoms with Crippen LogP contribution >= 0.6 is 11.6 Å². The van der Waals surface area contributed by atoms with Crippen LogP contribution in [0.3, 0.4) is 0 Å². The number of hydrogen-bond acceptors (Lipinski definition) is 6. The summed E-state index contributed by atoms with van der Waals surface area (Å²) < 4.78 is 0. The molecule has 0 unspecified atom stereocenters. The molecule has 1 N–H and O–H groups in total. The molecule has 0 spiro atoms. The number of halogens is 1. The third-order valence-corrected chi connectivity index (χ3v) is 4.82. The first-order valence-electron chi connectivity index (χ1n) is 8.99. The van der Waals surface area contributed by atoms with E-state index in [1.54, 1.807) is 36.7 Å². The van der Waals surface area contributed by atoms with Gasteiger partial charge in [-0.2, -0.15) is 0 Å². The Morgan fingerprint density at radius 1 is 0.964 bits per heavy atom. The highest BCUT2D eigenvalue weighted by molar-refractivity contribution is 6.30. The summed E-state index contributed by atoms with van der Waals surface area (Å²) in [5.41, 5.74) is 1.52. The highest BCUT2D eigenvalue weighted by Gasteiger charge is 2.23. The molecular formula is C20H19ClN6O. The summed E-state index contributed by atoms with van der Waals surface area (Å²) in [7, 11) is 0. The summed E-state index contributed by atoms with van der Waals surface area (Å²) in [6, 6.07) is 14.6. The van der Waals surface area contributed by atoms with Crippen LogP contribution in [0.1, 0.15) is 10.4 Å². The number of benzene rings is 1. The lowest BCUT2D eigenvalue weighted by Crippen LogP contribution is -2.49. The van der Waals surface area contributed by atoms with Gasteiger partial charge in [0.2, 0.25) is 0 Å². The highest BCUT2D eigenvalue weighted by Crippen LogP contribution is 2.18. The van der Waals surface area contributed by atoms with E-state index in [1.807, 2.05) is 29.2 Å². The second-order valence-electron chi connectivity index (χ2n) is 6.43. The van der Waals surface area contributed by atoms with Crippen molar-refractivity contribution in [1.29, 1.82) is 0 Å². The second-order valence-corrected chi connectivity index (χ2v) is 6.87. The lowest BCUT2D eigenvalue weighted by Gasteiger charge is -2.35. The molecule has 0 aliphatic carbocycles. The van der Waals surface area contributed by atoms with Crippen LogP contribution in [0.4, 0.5) is 17.3 Å². The molecule has 0 bridgehead atoms. The molecule has 142 valence electrons. The number of aromatic nitrogens is 3. The van der Waals surface area contributed by atoms with Crippen molar-refractivity contribution < 1.29 is 4.79 Å². The molecule has 1 fully saturated rings. The first-order chi connectivity index (χ1) is 13.7. The monoisotopic (exact) mass is 394 g/mol. The molecule has 1 aromatic carbocycles. The molecule has 7 nitrogen and oxygen atoms in total. The number of anilines is 3. The fourth-order valence-corrected chi connectivity index (χ4v) is 3.18. The Balaban J connectivity index is 1.34. The van der Waals surface area contributed by atoms with E-state index in [0.717, 1.165) is 11.5 Å². The second kappa shape index (κ2) is 8.22. The molecule has 2 aromatic heterocycles. The van der Waals surface area contributed by atoms with E-state index in [4.69, 9.17) is 11.6 Å². The minimum Gasteiger partial charge on any atom is -0.352 e. The van der Waals surface area contributed by atoms with Crippen molar-refractivity contribution in [2.45, 2.75) is 0 Å². The molecule has 0 saturated carbocycles. The van der Waals surface area contributed by atoms with Crippen molar-refractivity contribution in [2.24, 2.45) is 0 Å². The number of nitrogens with one attached hydrogen (secondary N) is 1. The maximum atomic E-state index is 12.6. The normalized spacial score (nSPS) is 14.0. The quantitative estimate of drug-likeness (QED) is 0.732. The largest absolute Gasteiger partial charge is 0.352 e. The van der Waals surface area contributed by atoms with Crippen molar-refractivity contribution in [2.75, 3.05) is 36.4 Å². The lowest BCUT2D eigenvalue weighted by atomic mass is 10.2. The van der Waals surface area contributed by atoms with Crippen LogP contribution in [0.2, 0.25) is 5.02 Å². The summed E-state index contributed by atoms with van der Waals surface area (Å²) >= 11 is 5.89. The number of pyridine rings is 1. The Morgan fingerprint density at radius 2 is 1.75 bits per heavy atom. The van der Waals surface area contributed by atoms with Crippen molar-refractivity contribution in [1.82, 2.24) is 20.1 Å². The number of nitrogens with zero attached hydrogens (tertiary/aromatic N) is 5. The van der Waals surface area contributed by atoms with Gasteiger partial charge in [0, 0.05) is 43.0 Å². The third-order valence-electron chi connectivity index (χ3n) is 4.57. The molecule has 3 aromatic rings. The van der Waals surface area contributed by atoms with E-state index < -0.39 is 0 Å². The standard InChI is InChI=1S/C20H19ClN6O/c21-16-5-3-15(4-6-16)20(28)27-12-10-26(11-13-27)19-8-7-18(24-25-19)23-17-2-1-9-22-14-17/h1-9,14H,10-13H2,(H,23,24). The van der Waals surface area contributed by atoms with Gasteiger partial charge in [-0.15, -0.1) is 10.2 Å². The van der Waals surface area contributed by atoms with E-state index in [9.17, 15) is 4.79 Å². The molecule has 0 radical (unpaired) electrons. The predicted octanol–water partition coefficient (Wildman–Crippen LogP) is 3.23. The zero-order valence-electron chi connectivity index (χ0n) is 15.1. The zero-order valence-corrected chi connectivity index (χ0v) is 15.9. The number of piperazine rings is 1. The van der Waals surface area contributed by atoms with E-state index >= 15 is 0 Å². The van der Waals surface area contributed by atoms with Crippen LogP contribution in [0, 0.1) is 0 Å². The van der Waals surface area contributed by atoms with Gasteiger partial charge in [0.05, 0.1) is 11.9 Å². The van der Waals surface area contributed by atoms with Crippen molar-refractivity contribution in [3.8, 4) is 0 Å². The summed E-state index contributed by atoms with van der Waals surface area (Å²) in [5, 5.41) is 12.3. The minimum absolute atomic E-state index is 0.0263. The van der Waals surface area contributed by atoms with Crippen LogP contribution in [-0.2, 0) is 0 Å². The SMILES string of the molecule is O=C(c1ccc(Cl)cc1)N1CCN(c2ccc(Nc3cccnc3)nn2)CC1. The average molecular weight is 395 g/mol. The molecule has 4 rings (SSSR count). The molecule has 28 heavy (non-hydrogen) atoms. The lowest BCUT2D eigenvalue weighted by molar-refractivity contribution is 0.0746. The number of carbonyl (C=O) groups excluding carboxylic acids is 1. The van der Waals surface area contributed by atoms with Gasteiger partial charge in [-0.05, 0) is 48.5 Å². The van der Waals surface area contributed by atoms with Crippen LogP contribution < -0.4 is 10.2 Å². The number of amides is 1. The van der Waals surface area contributed by atoms with Gasteiger partial charge in [-0.1, -0.05) is 11.6 Å². The van der Waals surface area contributed by atoms with Gasteiger partial charge in [0.25, 0.3) is 5.91 Å². The van der Waals surface area contributed by atoms with Gasteiger partial charge >= 0.3 is 0 Å². The Bertz CT molecular complexity index is 925. The van der Waals surface area contributed by atoms with Gasteiger partial charge in [0.1, 0.15) is 0 Å². The van der Waals surface area contributed by atoms with Crippen molar-refractivity contribution in [3.05, 3.63) is 71.5 Å². The molecule has 1 saturated heterocycles. The fourth-order valence-electron chi connectivity index (χ4n) is 3.06. The molecule has 1 aliphatic heterocycles. The summed E-state index contributed by atoms with van der Waals surface area (Å²) in [6.45, 7) is 2.70. The van der Waals surface area contributed by atoms with Crippen LogP contribution in [0.25, 0.3) is 0 Å². The summed E-state index contributed by atoms with van der Waals surface area (Å²) in [6.07, 6.45) is 3.45. The Hall–Kier alpha value is -3.19. The Labute approximate surface area is 168 Å². The Morgan fingerprint density at radius 3 is 2.39 bits per heavy atom. The maximum Gasteiger partial charge on any atom is 0.253 e. The number of carbonyl (C=O) groups is 1. The van der Waals surface area contributed by atoms with Crippen molar-refractivity contribution >= 4 is 34.8 Å². The number of rotatable bonds is 4. The van der Waals surface area contributed by atoms with Gasteiger partial charge in [-0.3, -0.25) is 9.78 Å². The van der Waals surface area contributed by atoms with E-state index in [0.29, 0.717) is 42.6 Å². The fraction of sp³-hybridized carbons (Fsp3) is 0.200. The van der Waals surface area contributed by atoms with E-state index in [1.165, 1.54) is 0 Å². The van der Waals surface area contributed by atoms with Crippen LogP contribution in [0.15, 0.2) is 60.9 Å². The zero-order chi connectivity index (χ0) is 19.3. The van der Waals surface area contributed by atoms with E-state index in [-0.39, 0.29) is 5.91 Å². The summed E-state index contributed by atoms with van der Waals surface area (Å²) in [4.78, 5) is 20.6. The molecule has 1 amide bonds. The minimum atomic E-state index is 0.0263. The van der Waals surface area contributed by atoms with Crippen LogP contribution in [-0.4, -0.2) is 52.2 Å². The highest BCUT2D eigenvalue weighted by atomic mass is 35.5. The topological polar surface area (TPSA) is 74.2 Å². The van der Waals surface area contributed by atoms with Gasteiger partial charge in [0.15, 0.2) is 11.6 Å². The molecular weight excluding hydrogens is 376 g/mol. The summed E-state index contributed by atoms with van der Waals surface area (Å²) in [5.74, 6) is 1.49. The van der Waals surface area contributed by atoms with E-state index in [2.05, 4.69) is 25.4 Å². The molecule has 1 aliphatic rings. The van der Waals surface area contributed by atoms with Gasteiger partial charge in [-0.25, -0.2) is 0 Å². The van der Waals surface area contributed by atoms with Crippen molar-refractivity contribution in [3.63, 3.8) is 0 Å². The first kappa shape index (κ1) is 18.2. The average Bonchev–Trinajstić information content (AvgIpc) is 2.75. The van der Waals surface area contributed by atoms with Gasteiger partial charge < -0.3 is 15.1 Å². The maximum absolute atomic E-state index is 12.6. The first-order valence-corrected chi connectivity index (χ1v) is 9.37. The molecule has 0 atom stereocenters. The predicted molar refractivity (Wildman–Crippen MR) is 109 cm³/mol. The molecule has 3 heterocycles. The van der Waals surface area contributed by atoms with Crippen LogP contribution in [0.5, 0.6) is 0 Å².